The van der Waals surface area contributed by atoms with Crippen molar-refractivity contribution < 1.29 is 4.74 Å². The second-order valence-corrected chi connectivity index (χ2v) is 4.86. The quantitative estimate of drug-likeness (QED) is 0.937. The normalized spacial score (nSPS) is 11.7. The molecule has 4 nitrogen and oxygen atoms in total. The summed E-state index contributed by atoms with van der Waals surface area (Å²) in [5, 5.41) is 9.44. The maximum absolute atomic E-state index is 8.81. The summed E-state index contributed by atoms with van der Waals surface area (Å²) in [4.78, 5) is 3.92. The highest BCUT2D eigenvalue weighted by Gasteiger charge is 2.09. The van der Waals surface area contributed by atoms with Gasteiger partial charge >= 0.3 is 0 Å². The predicted molar refractivity (Wildman–Crippen MR) is 77.3 cm³/mol. The molecule has 0 aliphatic rings. The Morgan fingerprint density at radius 2 is 2.20 bits per heavy atom. The Morgan fingerprint density at radius 3 is 2.90 bits per heavy atom. The molecule has 0 amide bonds. The highest BCUT2D eigenvalue weighted by molar-refractivity contribution is 6.30. The summed E-state index contributed by atoms with van der Waals surface area (Å²) >= 11 is 5.96. The van der Waals surface area contributed by atoms with Crippen molar-refractivity contribution in [3.8, 4) is 11.8 Å². The first-order valence-electron chi connectivity index (χ1n) is 6.13. The van der Waals surface area contributed by atoms with Gasteiger partial charge in [0.05, 0.1) is 0 Å². The van der Waals surface area contributed by atoms with Crippen molar-refractivity contribution >= 4 is 11.6 Å². The van der Waals surface area contributed by atoms with Gasteiger partial charge in [0, 0.05) is 22.8 Å². The molecule has 2 rings (SSSR count). The number of hydrogen-bond donors (Lipinski definition) is 1. The number of pyridine rings is 1. The molecule has 2 N–H and O–H groups in total. The largest absolute Gasteiger partial charge is 0.489 e. The Bertz CT molecular complexity index is 650. The van der Waals surface area contributed by atoms with E-state index < -0.39 is 0 Å². The summed E-state index contributed by atoms with van der Waals surface area (Å²) in [6.07, 6.45) is 1.59. The summed E-state index contributed by atoms with van der Waals surface area (Å²) in [6.45, 7) is 2.22. The average Bonchev–Trinajstić information content (AvgIpc) is 2.46. The first-order chi connectivity index (χ1) is 9.60. The van der Waals surface area contributed by atoms with Gasteiger partial charge in [-0.25, -0.2) is 4.98 Å². The molecule has 0 aliphatic carbocycles. The van der Waals surface area contributed by atoms with Gasteiger partial charge in [-0.1, -0.05) is 11.6 Å². The number of nitriles is 1. The van der Waals surface area contributed by atoms with Gasteiger partial charge in [-0.2, -0.15) is 5.26 Å². The first kappa shape index (κ1) is 14.3. The minimum absolute atomic E-state index is 0.171. The van der Waals surface area contributed by atoms with Crippen LogP contribution in [0.5, 0.6) is 5.75 Å². The lowest BCUT2D eigenvalue weighted by atomic mass is 10.1. The van der Waals surface area contributed by atoms with Gasteiger partial charge in [0.1, 0.15) is 24.1 Å². The van der Waals surface area contributed by atoms with Crippen molar-refractivity contribution in [2.45, 2.75) is 19.6 Å². The number of hydrogen-bond acceptors (Lipinski definition) is 4. The van der Waals surface area contributed by atoms with Crippen LogP contribution in [0.1, 0.15) is 29.8 Å². The highest BCUT2D eigenvalue weighted by Crippen LogP contribution is 2.27. The molecule has 0 fully saturated rings. The Kier molecular flexibility index (Phi) is 4.57. The number of halogens is 1. The van der Waals surface area contributed by atoms with Crippen LogP contribution in [0.3, 0.4) is 0 Å². The minimum Gasteiger partial charge on any atom is -0.489 e. The van der Waals surface area contributed by atoms with E-state index in [2.05, 4.69) is 4.98 Å². The molecular weight excluding hydrogens is 274 g/mol. The van der Waals surface area contributed by atoms with E-state index in [4.69, 9.17) is 27.3 Å². The second-order valence-electron chi connectivity index (χ2n) is 4.42. The average molecular weight is 288 g/mol. The molecule has 5 heteroatoms. The molecule has 0 unspecified atom stereocenters. The molecule has 102 valence electrons. The van der Waals surface area contributed by atoms with Crippen LogP contribution in [0.15, 0.2) is 36.5 Å². The molecule has 20 heavy (non-hydrogen) atoms. The van der Waals surface area contributed by atoms with Crippen LogP contribution in [-0.2, 0) is 6.61 Å². The van der Waals surface area contributed by atoms with Crippen LogP contribution in [0.25, 0.3) is 0 Å². The number of aromatic nitrogens is 1. The van der Waals surface area contributed by atoms with Crippen molar-refractivity contribution in [1.29, 1.82) is 5.26 Å². The Balaban J connectivity index is 2.16. The Labute approximate surface area is 122 Å². The van der Waals surface area contributed by atoms with E-state index in [-0.39, 0.29) is 6.04 Å². The zero-order valence-electron chi connectivity index (χ0n) is 11.0. The number of rotatable bonds is 4. The molecule has 0 saturated heterocycles. The molecule has 2 aromatic rings. The highest BCUT2D eigenvalue weighted by atomic mass is 35.5. The van der Waals surface area contributed by atoms with Gasteiger partial charge in [-0.3, -0.25) is 0 Å². The summed E-state index contributed by atoms with van der Waals surface area (Å²) in [5.41, 5.74) is 8.01. The van der Waals surface area contributed by atoms with Gasteiger partial charge in [-0.15, -0.1) is 0 Å². The smallest absolute Gasteiger partial charge is 0.140 e. The third-order valence-corrected chi connectivity index (χ3v) is 3.03. The van der Waals surface area contributed by atoms with E-state index in [0.29, 0.717) is 23.1 Å². The van der Waals surface area contributed by atoms with Gasteiger partial charge in [-0.05, 0) is 42.8 Å². The third-order valence-electron chi connectivity index (χ3n) is 2.80. The molecule has 1 atom stereocenters. The van der Waals surface area contributed by atoms with Gasteiger partial charge in [0.25, 0.3) is 0 Å². The van der Waals surface area contributed by atoms with Gasteiger partial charge < -0.3 is 10.5 Å². The lowest BCUT2D eigenvalue weighted by molar-refractivity contribution is 0.301. The lowest BCUT2D eigenvalue weighted by Gasteiger charge is -2.14. The van der Waals surface area contributed by atoms with Crippen molar-refractivity contribution in [3.05, 3.63) is 58.4 Å². The van der Waals surface area contributed by atoms with Crippen molar-refractivity contribution in [1.82, 2.24) is 4.98 Å². The summed E-state index contributed by atoms with van der Waals surface area (Å²) in [5.74, 6) is 0.694. The Hall–Kier alpha value is -2.09. The van der Waals surface area contributed by atoms with Crippen LogP contribution >= 0.6 is 11.6 Å². The fraction of sp³-hybridized carbons (Fsp3) is 0.200. The number of benzene rings is 1. The van der Waals surface area contributed by atoms with Crippen LogP contribution in [0.4, 0.5) is 0 Å². The zero-order valence-corrected chi connectivity index (χ0v) is 11.8. The Morgan fingerprint density at radius 1 is 1.40 bits per heavy atom. The summed E-state index contributed by atoms with van der Waals surface area (Å²) < 4.78 is 5.76. The van der Waals surface area contributed by atoms with Crippen LogP contribution in [0.2, 0.25) is 5.02 Å². The van der Waals surface area contributed by atoms with Crippen LogP contribution in [-0.4, -0.2) is 4.98 Å². The minimum atomic E-state index is -0.171. The number of ether oxygens (including phenoxy) is 1. The van der Waals surface area contributed by atoms with Gasteiger partial charge in [0.15, 0.2) is 0 Å². The first-order valence-corrected chi connectivity index (χ1v) is 6.51. The van der Waals surface area contributed by atoms with E-state index >= 15 is 0 Å². The van der Waals surface area contributed by atoms with E-state index in [9.17, 15) is 0 Å². The molecule has 1 aromatic carbocycles. The molecule has 1 heterocycles. The SMILES string of the molecule is C[C@@H](N)c1cc(Cl)ccc1OCc1ccnc(C#N)c1. The maximum Gasteiger partial charge on any atom is 0.140 e. The summed E-state index contributed by atoms with van der Waals surface area (Å²) in [6, 6.07) is 10.7. The van der Waals surface area contributed by atoms with E-state index in [0.717, 1.165) is 11.1 Å². The van der Waals surface area contributed by atoms with Crippen LogP contribution < -0.4 is 10.5 Å². The second kappa shape index (κ2) is 6.38. The molecular formula is C15H14ClN3O. The molecule has 0 spiro atoms. The molecule has 0 saturated carbocycles. The van der Waals surface area contributed by atoms with Crippen molar-refractivity contribution in [3.63, 3.8) is 0 Å². The third kappa shape index (κ3) is 3.47. The maximum atomic E-state index is 8.81. The van der Waals surface area contributed by atoms with E-state index in [1.807, 2.05) is 19.1 Å². The van der Waals surface area contributed by atoms with Crippen LogP contribution in [0, 0.1) is 11.3 Å². The van der Waals surface area contributed by atoms with E-state index in [1.54, 1.807) is 30.5 Å². The summed E-state index contributed by atoms with van der Waals surface area (Å²) in [7, 11) is 0. The molecule has 0 bridgehead atoms. The fourth-order valence-corrected chi connectivity index (χ4v) is 1.97. The van der Waals surface area contributed by atoms with Gasteiger partial charge in [0.2, 0.25) is 0 Å². The lowest BCUT2D eigenvalue weighted by Crippen LogP contribution is -2.08. The molecule has 0 radical (unpaired) electrons. The predicted octanol–water partition coefficient (Wildman–Crippen LogP) is 3.21. The standard InChI is InChI=1S/C15H14ClN3O/c1-10(18)14-7-12(16)2-3-15(14)20-9-11-4-5-19-13(6-11)8-17/h2-7,10H,9,18H2,1H3/t10-/m1/s1. The number of nitrogens with two attached hydrogens (primary N) is 1. The zero-order chi connectivity index (χ0) is 14.5. The topological polar surface area (TPSA) is 71.9 Å². The van der Waals surface area contributed by atoms with E-state index in [1.165, 1.54) is 0 Å². The molecule has 1 aromatic heterocycles. The fourth-order valence-electron chi connectivity index (χ4n) is 1.79. The molecule has 0 aliphatic heterocycles. The number of nitrogens with zero attached hydrogens (tertiary/aromatic N) is 2. The van der Waals surface area contributed by atoms with Crippen molar-refractivity contribution in [2.75, 3.05) is 0 Å². The van der Waals surface area contributed by atoms with Crippen molar-refractivity contribution in [2.24, 2.45) is 5.73 Å². The monoisotopic (exact) mass is 287 g/mol.